The number of halogens is 3. The van der Waals surface area contributed by atoms with Gasteiger partial charge in [0.15, 0.2) is 11.5 Å². The Morgan fingerprint density at radius 1 is 1.21 bits per heavy atom. The van der Waals surface area contributed by atoms with Crippen molar-refractivity contribution in [2.75, 3.05) is 24.5 Å². The molecule has 0 bridgehead atoms. The van der Waals surface area contributed by atoms with E-state index in [-0.39, 0.29) is 0 Å². The van der Waals surface area contributed by atoms with Gasteiger partial charge in [-0.1, -0.05) is 0 Å². The zero-order chi connectivity index (χ0) is 13.9. The van der Waals surface area contributed by atoms with Gasteiger partial charge in [0.2, 0.25) is 0 Å². The molecule has 0 aromatic carbocycles. The highest BCUT2D eigenvalue weighted by molar-refractivity contribution is 5.38. The Balaban J connectivity index is 1.97. The van der Waals surface area contributed by atoms with Gasteiger partial charge in [-0.05, 0) is 43.9 Å². The first-order chi connectivity index (χ1) is 9.00. The zero-order valence-electron chi connectivity index (χ0n) is 10.5. The molecule has 0 unspecified atom stereocenters. The highest BCUT2D eigenvalue weighted by Gasteiger charge is 2.33. The second-order valence-electron chi connectivity index (χ2n) is 4.78. The van der Waals surface area contributed by atoms with E-state index < -0.39 is 11.9 Å². The van der Waals surface area contributed by atoms with Crippen LogP contribution < -0.4 is 10.6 Å². The predicted octanol–water partition coefficient (Wildman–Crippen LogP) is 2.06. The van der Waals surface area contributed by atoms with Gasteiger partial charge in [0.05, 0.1) is 0 Å². The fraction of sp³-hybridized carbons (Fsp3) is 0.667. The molecule has 1 saturated heterocycles. The van der Waals surface area contributed by atoms with E-state index in [0.29, 0.717) is 18.3 Å². The molecule has 2 heterocycles. The number of nitrogens with two attached hydrogens (primary N) is 1. The maximum atomic E-state index is 12.4. The first-order valence-electron chi connectivity index (χ1n) is 6.36. The van der Waals surface area contributed by atoms with Gasteiger partial charge in [0.25, 0.3) is 0 Å². The van der Waals surface area contributed by atoms with Crippen LogP contribution in [0.25, 0.3) is 0 Å². The van der Waals surface area contributed by atoms with Crippen LogP contribution in [0.5, 0.6) is 0 Å². The van der Waals surface area contributed by atoms with Crippen molar-refractivity contribution in [1.82, 2.24) is 10.2 Å². The predicted molar refractivity (Wildman–Crippen MR) is 65.6 cm³/mol. The van der Waals surface area contributed by atoms with Crippen LogP contribution in [0.1, 0.15) is 25.0 Å². The maximum Gasteiger partial charge on any atom is 0.435 e. The van der Waals surface area contributed by atoms with E-state index >= 15 is 0 Å². The van der Waals surface area contributed by atoms with Crippen LogP contribution in [0, 0.1) is 5.92 Å². The molecule has 1 aromatic rings. The molecule has 4 nitrogen and oxygen atoms in total. The van der Waals surface area contributed by atoms with Crippen molar-refractivity contribution >= 4 is 5.82 Å². The van der Waals surface area contributed by atoms with E-state index in [4.69, 9.17) is 5.73 Å². The lowest BCUT2D eigenvalue weighted by atomic mass is 9.94. The highest BCUT2D eigenvalue weighted by atomic mass is 19.4. The average Bonchev–Trinajstić information content (AvgIpc) is 2.39. The number of alkyl halides is 3. The fourth-order valence-electron chi connectivity index (χ4n) is 2.33. The standard InChI is InChI=1S/C12H17F3N4/c13-12(14,15)10-1-2-11(18-17-10)19-7-4-9(3-6-16)5-8-19/h1-2,9H,3-8,16H2. The van der Waals surface area contributed by atoms with Crippen LogP contribution in [0.15, 0.2) is 12.1 Å². The van der Waals surface area contributed by atoms with E-state index in [0.717, 1.165) is 38.4 Å². The lowest BCUT2D eigenvalue weighted by molar-refractivity contribution is -0.141. The fourth-order valence-corrected chi connectivity index (χ4v) is 2.33. The third kappa shape index (κ3) is 3.56. The molecule has 0 atom stereocenters. The van der Waals surface area contributed by atoms with E-state index in [2.05, 4.69) is 10.2 Å². The summed E-state index contributed by atoms with van der Waals surface area (Å²) in [5.74, 6) is 1.13. The van der Waals surface area contributed by atoms with Crippen molar-refractivity contribution in [3.8, 4) is 0 Å². The SMILES string of the molecule is NCCC1CCN(c2ccc(C(F)(F)F)nn2)CC1. The highest BCUT2D eigenvalue weighted by Crippen LogP contribution is 2.28. The Morgan fingerprint density at radius 3 is 2.37 bits per heavy atom. The van der Waals surface area contributed by atoms with Crippen LogP contribution in [-0.4, -0.2) is 29.8 Å². The molecule has 1 aliphatic heterocycles. The number of piperidine rings is 1. The summed E-state index contributed by atoms with van der Waals surface area (Å²) in [6.07, 6.45) is -1.42. The first kappa shape index (κ1) is 14.0. The minimum Gasteiger partial charge on any atom is -0.355 e. The molecule has 0 saturated carbocycles. The number of anilines is 1. The number of hydrogen-bond donors (Lipinski definition) is 1. The van der Waals surface area contributed by atoms with Gasteiger partial charge >= 0.3 is 6.18 Å². The molecule has 0 aliphatic carbocycles. The van der Waals surface area contributed by atoms with Gasteiger partial charge in [-0.2, -0.15) is 13.2 Å². The number of rotatable bonds is 3. The molecular weight excluding hydrogens is 257 g/mol. The summed E-state index contributed by atoms with van der Waals surface area (Å²) in [5, 5.41) is 6.91. The molecule has 0 radical (unpaired) electrons. The van der Waals surface area contributed by atoms with Gasteiger partial charge in [0, 0.05) is 13.1 Å². The Kier molecular flexibility index (Phi) is 4.24. The van der Waals surface area contributed by atoms with Gasteiger partial charge in [-0.25, -0.2) is 0 Å². The van der Waals surface area contributed by atoms with E-state index in [9.17, 15) is 13.2 Å². The Morgan fingerprint density at radius 2 is 1.89 bits per heavy atom. The van der Waals surface area contributed by atoms with E-state index in [1.54, 1.807) is 0 Å². The summed E-state index contributed by atoms with van der Waals surface area (Å²) < 4.78 is 37.1. The van der Waals surface area contributed by atoms with Crippen LogP contribution in [0.3, 0.4) is 0 Å². The minimum atomic E-state index is -4.43. The molecule has 19 heavy (non-hydrogen) atoms. The third-order valence-corrected chi connectivity index (χ3v) is 3.45. The molecule has 1 fully saturated rings. The van der Waals surface area contributed by atoms with Crippen LogP contribution in [0.2, 0.25) is 0 Å². The van der Waals surface area contributed by atoms with Gasteiger partial charge in [0.1, 0.15) is 0 Å². The number of nitrogens with zero attached hydrogens (tertiary/aromatic N) is 3. The van der Waals surface area contributed by atoms with Crippen molar-refractivity contribution < 1.29 is 13.2 Å². The van der Waals surface area contributed by atoms with Gasteiger partial charge in [-0.3, -0.25) is 0 Å². The average molecular weight is 274 g/mol. The molecular formula is C12H17F3N4. The molecule has 1 aromatic heterocycles. The zero-order valence-corrected chi connectivity index (χ0v) is 10.5. The van der Waals surface area contributed by atoms with Crippen molar-refractivity contribution in [1.29, 1.82) is 0 Å². The quantitative estimate of drug-likeness (QED) is 0.916. The molecule has 0 amide bonds. The first-order valence-corrected chi connectivity index (χ1v) is 6.36. The summed E-state index contributed by atoms with van der Waals surface area (Å²) in [5.41, 5.74) is 4.57. The topological polar surface area (TPSA) is 55.0 Å². The molecule has 7 heteroatoms. The van der Waals surface area contributed by atoms with Crippen LogP contribution >= 0.6 is 0 Å². The second kappa shape index (κ2) is 5.73. The lowest BCUT2D eigenvalue weighted by Crippen LogP contribution is -2.35. The monoisotopic (exact) mass is 274 g/mol. The largest absolute Gasteiger partial charge is 0.435 e. The van der Waals surface area contributed by atoms with Gasteiger partial charge < -0.3 is 10.6 Å². The summed E-state index contributed by atoms with van der Waals surface area (Å²) in [7, 11) is 0. The Hall–Kier alpha value is -1.37. The summed E-state index contributed by atoms with van der Waals surface area (Å²) in [6.45, 7) is 2.28. The molecule has 0 spiro atoms. The van der Waals surface area contributed by atoms with E-state index in [1.165, 1.54) is 6.07 Å². The minimum absolute atomic E-state index is 0.513. The molecule has 2 N–H and O–H groups in total. The van der Waals surface area contributed by atoms with Crippen molar-refractivity contribution in [3.05, 3.63) is 17.8 Å². The summed E-state index contributed by atoms with van der Waals surface area (Å²) in [4.78, 5) is 1.97. The summed E-state index contributed by atoms with van der Waals surface area (Å²) in [6, 6.07) is 2.37. The lowest BCUT2D eigenvalue weighted by Gasteiger charge is -2.32. The smallest absolute Gasteiger partial charge is 0.355 e. The third-order valence-electron chi connectivity index (χ3n) is 3.45. The van der Waals surface area contributed by atoms with Gasteiger partial charge in [-0.15, -0.1) is 10.2 Å². The molecule has 1 aliphatic rings. The maximum absolute atomic E-state index is 12.4. The van der Waals surface area contributed by atoms with Crippen molar-refractivity contribution in [2.45, 2.75) is 25.4 Å². The molecule has 106 valence electrons. The van der Waals surface area contributed by atoms with E-state index in [1.807, 2.05) is 4.90 Å². The Bertz CT molecular complexity index is 396. The molecule has 2 rings (SSSR count). The summed E-state index contributed by atoms with van der Waals surface area (Å²) >= 11 is 0. The normalized spacial score (nSPS) is 17.8. The number of aromatic nitrogens is 2. The Labute approximate surface area is 109 Å². The van der Waals surface area contributed by atoms with Crippen molar-refractivity contribution in [2.24, 2.45) is 11.7 Å². The van der Waals surface area contributed by atoms with Crippen LogP contribution in [-0.2, 0) is 6.18 Å². The van der Waals surface area contributed by atoms with Crippen molar-refractivity contribution in [3.63, 3.8) is 0 Å². The van der Waals surface area contributed by atoms with Crippen LogP contribution in [0.4, 0.5) is 19.0 Å². The second-order valence-corrected chi connectivity index (χ2v) is 4.78. The number of hydrogen-bond acceptors (Lipinski definition) is 4.